The van der Waals surface area contributed by atoms with Crippen LogP contribution < -0.4 is 16.1 Å². The van der Waals surface area contributed by atoms with Gasteiger partial charge in [0.05, 0.1) is 23.4 Å². The fraction of sp³-hybridized carbons (Fsp3) is 0.600. The number of rotatable bonds is 4. The number of hydrogen-bond acceptors (Lipinski definition) is 8. The molecule has 0 bridgehead atoms. The number of morpholine rings is 1. The van der Waals surface area contributed by atoms with Gasteiger partial charge in [-0.3, -0.25) is 0 Å². The number of anilines is 1. The zero-order chi connectivity index (χ0) is 16.5. The molecule has 25 heavy (non-hydrogen) atoms. The Morgan fingerprint density at radius 2 is 2.12 bits per heavy atom. The van der Waals surface area contributed by atoms with Gasteiger partial charge in [0, 0.05) is 43.6 Å². The van der Waals surface area contributed by atoms with E-state index in [9.17, 15) is 0 Å². The van der Waals surface area contributed by atoms with Gasteiger partial charge in [-0.05, 0) is 24.1 Å². The van der Waals surface area contributed by atoms with Gasteiger partial charge in [0.25, 0.3) is 0 Å². The molecule has 2 aliphatic rings. The monoisotopic (exact) mass is 404 g/mol. The second-order valence-corrected chi connectivity index (χ2v) is 7.65. The molecule has 0 spiro atoms. The normalized spacial score (nSPS) is 21.7. The molecule has 2 saturated heterocycles. The smallest absolute Gasteiger partial charge is 0.224 e. The Morgan fingerprint density at radius 3 is 2.84 bits per heavy atom. The molecule has 2 aliphatic heterocycles. The molecule has 0 radical (unpaired) electrons. The molecule has 1 unspecified atom stereocenters. The number of hydrogen-bond donors (Lipinski definition) is 2. The summed E-state index contributed by atoms with van der Waals surface area (Å²) in [5, 5.41) is 2.49. The molecule has 2 aromatic rings. The maximum atomic E-state index is 6.14. The van der Waals surface area contributed by atoms with Crippen LogP contribution in [-0.2, 0) is 11.3 Å². The first kappa shape index (κ1) is 19.0. The number of halogens is 2. The minimum absolute atomic E-state index is 0. The largest absolute Gasteiger partial charge is 0.378 e. The van der Waals surface area contributed by atoms with E-state index >= 15 is 0 Å². The molecular weight excluding hydrogens is 383 g/mol. The molecule has 7 nitrogen and oxygen atoms in total. The lowest BCUT2D eigenvalue weighted by atomic mass is 10.3. The van der Waals surface area contributed by atoms with E-state index in [1.54, 1.807) is 11.3 Å². The number of hydrazine groups is 1. The highest BCUT2D eigenvalue weighted by Gasteiger charge is 2.21. The van der Waals surface area contributed by atoms with Crippen molar-refractivity contribution in [3.8, 4) is 0 Å². The van der Waals surface area contributed by atoms with Crippen LogP contribution >= 0.6 is 35.3 Å². The Morgan fingerprint density at radius 1 is 1.32 bits per heavy atom. The van der Waals surface area contributed by atoms with Gasteiger partial charge in [0.15, 0.2) is 5.82 Å². The number of nitrogens with two attached hydrogens (primary N) is 1. The summed E-state index contributed by atoms with van der Waals surface area (Å²) in [6.45, 7) is 5.77. The third kappa shape index (κ3) is 4.33. The van der Waals surface area contributed by atoms with E-state index in [1.165, 1.54) is 4.88 Å². The highest BCUT2D eigenvalue weighted by Crippen LogP contribution is 2.33. The van der Waals surface area contributed by atoms with Crippen LogP contribution in [0.25, 0.3) is 10.2 Å². The number of ether oxygens (including phenoxy) is 1. The molecule has 2 fully saturated rings. The van der Waals surface area contributed by atoms with Crippen molar-refractivity contribution in [2.24, 2.45) is 5.73 Å². The van der Waals surface area contributed by atoms with Crippen molar-refractivity contribution in [2.75, 3.05) is 44.3 Å². The van der Waals surface area contributed by atoms with Gasteiger partial charge in [-0.25, -0.2) is 15.4 Å². The molecule has 1 atom stereocenters. The van der Waals surface area contributed by atoms with Crippen molar-refractivity contribution in [3.05, 3.63) is 16.2 Å². The second-order valence-electron chi connectivity index (χ2n) is 6.17. The summed E-state index contributed by atoms with van der Waals surface area (Å²) >= 11 is 7.86. The minimum atomic E-state index is 0. The van der Waals surface area contributed by atoms with Crippen LogP contribution in [0.4, 0.5) is 5.82 Å². The molecule has 3 N–H and O–H groups in total. The number of aromatic nitrogens is 2. The Hall–Kier alpha value is -0.740. The van der Waals surface area contributed by atoms with Gasteiger partial charge in [0.2, 0.25) is 5.28 Å². The zero-order valence-corrected chi connectivity index (χ0v) is 16.2. The predicted octanol–water partition coefficient (Wildman–Crippen LogP) is 1.64. The van der Waals surface area contributed by atoms with Gasteiger partial charge in [0.1, 0.15) is 0 Å². The van der Waals surface area contributed by atoms with Crippen molar-refractivity contribution >= 4 is 51.4 Å². The van der Waals surface area contributed by atoms with Crippen molar-refractivity contribution in [1.29, 1.82) is 0 Å². The lowest BCUT2D eigenvalue weighted by Crippen LogP contribution is -2.37. The van der Waals surface area contributed by atoms with E-state index in [0.717, 1.165) is 68.4 Å². The van der Waals surface area contributed by atoms with E-state index < -0.39 is 0 Å². The first-order valence-electron chi connectivity index (χ1n) is 8.22. The average molecular weight is 405 g/mol. The Labute approximate surface area is 161 Å². The number of nitrogens with zero attached hydrogens (tertiary/aromatic N) is 4. The van der Waals surface area contributed by atoms with Gasteiger partial charge >= 0.3 is 0 Å². The lowest BCUT2D eigenvalue weighted by molar-refractivity contribution is 0.122. The Kier molecular flexibility index (Phi) is 6.32. The van der Waals surface area contributed by atoms with E-state index in [1.807, 2.05) is 0 Å². The summed E-state index contributed by atoms with van der Waals surface area (Å²) in [6, 6.07) is 2.37. The van der Waals surface area contributed by atoms with Gasteiger partial charge < -0.3 is 15.4 Å². The minimum Gasteiger partial charge on any atom is -0.378 e. The van der Waals surface area contributed by atoms with Crippen LogP contribution in [0.15, 0.2) is 6.07 Å². The van der Waals surface area contributed by atoms with Gasteiger partial charge in [-0.1, -0.05) is 0 Å². The molecular formula is C15H22Cl2N6OS. The summed E-state index contributed by atoms with van der Waals surface area (Å²) < 4.78 is 6.53. The molecule has 0 amide bonds. The molecule has 138 valence electrons. The van der Waals surface area contributed by atoms with Crippen molar-refractivity contribution in [2.45, 2.75) is 19.0 Å². The molecule has 0 saturated carbocycles. The summed E-state index contributed by atoms with van der Waals surface area (Å²) in [6.07, 6.45) is 1.04. The van der Waals surface area contributed by atoms with Crippen LogP contribution in [0.3, 0.4) is 0 Å². The van der Waals surface area contributed by atoms with Crippen LogP contribution in [0.1, 0.15) is 11.3 Å². The maximum absolute atomic E-state index is 6.14. The lowest BCUT2D eigenvalue weighted by Gasteiger charge is -2.28. The first-order chi connectivity index (χ1) is 11.7. The predicted molar refractivity (Wildman–Crippen MR) is 104 cm³/mol. The third-order valence-corrected chi connectivity index (χ3v) is 5.68. The number of nitrogens with one attached hydrogen (secondary N) is 1. The van der Waals surface area contributed by atoms with Crippen LogP contribution in [0, 0.1) is 0 Å². The standard InChI is InChI=1S/C15H21ClN6OS.ClH/c16-15-19-12-7-11(8-18-22-2-1-10(17)9-22)24-13(12)14(20-15)21-3-5-23-6-4-21;/h7,10,18H,1-6,8-9,17H2;1H. The maximum Gasteiger partial charge on any atom is 0.224 e. The van der Waals surface area contributed by atoms with E-state index in [2.05, 4.69) is 31.4 Å². The SMILES string of the molecule is Cl.NC1CCN(NCc2cc3nc(Cl)nc(N4CCOCC4)c3s2)C1. The van der Waals surface area contributed by atoms with Gasteiger partial charge in [-0.15, -0.1) is 23.7 Å². The van der Waals surface area contributed by atoms with Crippen molar-refractivity contribution in [1.82, 2.24) is 20.4 Å². The van der Waals surface area contributed by atoms with E-state index in [0.29, 0.717) is 5.28 Å². The molecule has 4 heterocycles. The molecule has 0 aliphatic carbocycles. The summed E-state index contributed by atoms with van der Waals surface area (Å²) in [4.78, 5) is 12.3. The highest BCUT2D eigenvalue weighted by molar-refractivity contribution is 7.19. The molecule has 2 aromatic heterocycles. The Bertz CT molecular complexity index is 723. The van der Waals surface area contributed by atoms with Crippen LogP contribution in [-0.4, -0.2) is 60.4 Å². The summed E-state index contributed by atoms with van der Waals surface area (Å²) in [7, 11) is 0. The molecule has 4 rings (SSSR count). The summed E-state index contributed by atoms with van der Waals surface area (Å²) in [5.41, 5.74) is 10.3. The van der Waals surface area contributed by atoms with Crippen LogP contribution in [0.2, 0.25) is 5.28 Å². The topological polar surface area (TPSA) is 79.5 Å². The zero-order valence-electron chi connectivity index (χ0n) is 13.8. The third-order valence-electron chi connectivity index (χ3n) is 4.39. The van der Waals surface area contributed by atoms with Crippen molar-refractivity contribution < 1.29 is 4.74 Å². The molecule has 0 aromatic carbocycles. The number of thiophene rings is 1. The average Bonchev–Trinajstić information content (AvgIpc) is 3.18. The second kappa shape index (κ2) is 8.30. The first-order valence-corrected chi connectivity index (χ1v) is 9.41. The quantitative estimate of drug-likeness (QED) is 0.749. The highest BCUT2D eigenvalue weighted by atomic mass is 35.5. The fourth-order valence-corrected chi connectivity index (χ4v) is 4.35. The van der Waals surface area contributed by atoms with Crippen LogP contribution in [0.5, 0.6) is 0 Å². The van der Waals surface area contributed by atoms with E-state index in [-0.39, 0.29) is 18.4 Å². The van der Waals surface area contributed by atoms with Gasteiger partial charge in [-0.2, -0.15) is 4.98 Å². The molecule has 10 heteroatoms. The van der Waals surface area contributed by atoms with E-state index in [4.69, 9.17) is 22.1 Å². The van der Waals surface area contributed by atoms with Crippen molar-refractivity contribution in [3.63, 3.8) is 0 Å². The fourth-order valence-electron chi connectivity index (χ4n) is 3.13. The number of fused-ring (bicyclic) bond motifs is 1. The summed E-state index contributed by atoms with van der Waals surface area (Å²) in [5.74, 6) is 0.924. The Balaban J connectivity index is 0.00000182.